The van der Waals surface area contributed by atoms with Crippen LogP contribution in [0.1, 0.15) is 33.6 Å². The summed E-state index contributed by atoms with van der Waals surface area (Å²) in [5.74, 6) is 0.0238. The van der Waals surface area contributed by atoms with Crippen LogP contribution >= 0.6 is 0 Å². The molecule has 0 radical (unpaired) electrons. The molecule has 2 fully saturated rings. The van der Waals surface area contributed by atoms with Gasteiger partial charge in [0.2, 0.25) is 0 Å². The molecule has 108 valence electrons. The van der Waals surface area contributed by atoms with Crippen LogP contribution in [0.25, 0.3) is 0 Å². The van der Waals surface area contributed by atoms with E-state index >= 15 is 0 Å². The van der Waals surface area contributed by atoms with Crippen LogP contribution in [-0.4, -0.2) is 30.1 Å². The number of hydrogen-bond acceptors (Lipinski definition) is 4. The van der Waals surface area contributed by atoms with Gasteiger partial charge in [-0.2, -0.15) is 0 Å². The van der Waals surface area contributed by atoms with E-state index in [9.17, 15) is 9.59 Å². The number of carbonyl (C=O) groups is 2. The Bertz CT molecular complexity index is 523. The number of esters is 1. The summed E-state index contributed by atoms with van der Waals surface area (Å²) in [7, 11) is 0. The maximum Gasteiger partial charge on any atom is 0.316 e. The Morgan fingerprint density at radius 2 is 2.20 bits per heavy atom. The lowest BCUT2D eigenvalue weighted by Gasteiger charge is -2.28. The molecule has 0 spiro atoms. The molecule has 0 aromatic rings. The summed E-state index contributed by atoms with van der Waals surface area (Å²) in [4.78, 5) is 24.6. The van der Waals surface area contributed by atoms with E-state index < -0.39 is 17.1 Å². The number of ketones is 1. The number of Topliss-reactive ketones (excluding diaryl/α,β-unsaturated/α-hetero) is 1. The predicted molar refractivity (Wildman–Crippen MR) is 73.0 cm³/mol. The lowest BCUT2D eigenvalue weighted by molar-refractivity contribution is -0.164. The van der Waals surface area contributed by atoms with Crippen LogP contribution in [0.5, 0.6) is 0 Å². The Balaban J connectivity index is 1.86. The first-order valence-electron chi connectivity index (χ1n) is 7.09. The first kappa shape index (κ1) is 13.6. The number of fused-ring (bicyclic) bond motifs is 1. The minimum Gasteiger partial charge on any atom is -0.459 e. The molecule has 0 aromatic heterocycles. The number of carbonyl (C=O) groups excluding carboxylic acids is 2. The largest absolute Gasteiger partial charge is 0.459 e. The van der Waals surface area contributed by atoms with Crippen LogP contribution in [0.4, 0.5) is 0 Å². The van der Waals surface area contributed by atoms with Crippen LogP contribution in [0, 0.1) is 11.3 Å². The molecule has 3 rings (SSSR count). The van der Waals surface area contributed by atoms with Crippen LogP contribution in [-0.2, 0) is 19.1 Å². The molecule has 0 bridgehead atoms. The maximum atomic E-state index is 12.5. The minimum atomic E-state index is -0.625. The Labute approximate surface area is 118 Å². The quantitative estimate of drug-likeness (QED) is 0.725. The third kappa shape index (κ3) is 2.03. The maximum absolute atomic E-state index is 12.5. The molecule has 4 nitrogen and oxygen atoms in total. The van der Waals surface area contributed by atoms with Gasteiger partial charge in [-0.05, 0) is 27.2 Å². The smallest absolute Gasteiger partial charge is 0.316 e. The molecule has 1 saturated carbocycles. The van der Waals surface area contributed by atoms with Gasteiger partial charge in [-0.1, -0.05) is 18.2 Å². The number of ether oxygens (including phenoxy) is 2. The Hall–Kier alpha value is -1.42. The van der Waals surface area contributed by atoms with E-state index in [4.69, 9.17) is 9.47 Å². The summed E-state index contributed by atoms with van der Waals surface area (Å²) in [5.41, 5.74) is -0.518. The molecule has 1 aliphatic heterocycles. The van der Waals surface area contributed by atoms with Crippen LogP contribution in [0.3, 0.4) is 0 Å². The van der Waals surface area contributed by atoms with Gasteiger partial charge in [-0.15, -0.1) is 0 Å². The van der Waals surface area contributed by atoms with Crippen molar-refractivity contribution in [2.75, 3.05) is 6.61 Å². The number of rotatable bonds is 2. The van der Waals surface area contributed by atoms with Gasteiger partial charge in [-0.25, -0.2) is 0 Å². The first-order valence-corrected chi connectivity index (χ1v) is 7.09. The van der Waals surface area contributed by atoms with Crippen molar-refractivity contribution in [2.45, 2.75) is 45.3 Å². The standard InChI is InChI=1S/C16H20O4/c1-15(2,3)20-14(18)16-8-10(16)9-19-13(16)11-6-4-5-7-12(11)17/h4-6,10,13H,7-9H2,1-3H3/t10-,13?,16-/m1/s1. The topological polar surface area (TPSA) is 52.6 Å². The molecule has 0 amide bonds. The van der Waals surface area contributed by atoms with E-state index in [1.165, 1.54) is 0 Å². The van der Waals surface area contributed by atoms with E-state index in [2.05, 4.69) is 0 Å². The average molecular weight is 276 g/mol. The van der Waals surface area contributed by atoms with Crippen molar-refractivity contribution in [2.24, 2.45) is 11.3 Å². The molecule has 3 aliphatic rings. The Morgan fingerprint density at radius 1 is 1.45 bits per heavy atom. The van der Waals surface area contributed by atoms with Crippen molar-refractivity contribution in [3.05, 3.63) is 23.8 Å². The van der Waals surface area contributed by atoms with Gasteiger partial charge in [0.05, 0.1) is 6.61 Å². The zero-order chi connectivity index (χ0) is 14.5. The molecule has 1 unspecified atom stereocenters. The van der Waals surface area contributed by atoms with Gasteiger partial charge >= 0.3 is 5.97 Å². The molecule has 1 heterocycles. The fraction of sp³-hybridized carbons (Fsp3) is 0.625. The second kappa shape index (κ2) is 4.29. The fourth-order valence-corrected chi connectivity index (χ4v) is 3.13. The summed E-state index contributed by atoms with van der Waals surface area (Å²) < 4.78 is 11.3. The molecule has 0 N–H and O–H groups in total. The highest BCUT2D eigenvalue weighted by Gasteiger charge is 2.71. The molecular weight excluding hydrogens is 256 g/mol. The van der Waals surface area contributed by atoms with E-state index in [0.717, 1.165) is 6.42 Å². The summed E-state index contributed by atoms with van der Waals surface area (Å²) in [6.07, 6.45) is 6.19. The summed E-state index contributed by atoms with van der Waals surface area (Å²) in [5, 5.41) is 0. The third-order valence-corrected chi connectivity index (χ3v) is 4.18. The zero-order valence-electron chi connectivity index (χ0n) is 12.1. The predicted octanol–water partition coefficient (Wildman–Crippen LogP) is 2.19. The molecule has 4 heteroatoms. The average Bonchev–Trinajstić information content (AvgIpc) is 2.97. The molecular formula is C16H20O4. The third-order valence-electron chi connectivity index (χ3n) is 4.18. The van der Waals surface area contributed by atoms with Crippen molar-refractivity contribution in [3.63, 3.8) is 0 Å². The van der Waals surface area contributed by atoms with Crippen molar-refractivity contribution in [1.82, 2.24) is 0 Å². The second-order valence-electron chi connectivity index (χ2n) is 6.83. The molecule has 0 aromatic carbocycles. The van der Waals surface area contributed by atoms with E-state index in [1.54, 1.807) is 6.08 Å². The van der Waals surface area contributed by atoms with Crippen LogP contribution in [0.2, 0.25) is 0 Å². The fourth-order valence-electron chi connectivity index (χ4n) is 3.13. The van der Waals surface area contributed by atoms with E-state index in [1.807, 2.05) is 32.9 Å². The van der Waals surface area contributed by atoms with Gasteiger partial charge in [0, 0.05) is 17.9 Å². The summed E-state index contributed by atoms with van der Waals surface area (Å²) in [6.45, 7) is 6.12. The van der Waals surface area contributed by atoms with Gasteiger partial charge < -0.3 is 9.47 Å². The summed E-state index contributed by atoms with van der Waals surface area (Å²) >= 11 is 0. The number of hydrogen-bond donors (Lipinski definition) is 0. The lowest BCUT2D eigenvalue weighted by atomic mass is 9.87. The van der Waals surface area contributed by atoms with Crippen LogP contribution in [0.15, 0.2) is 23.8 Å². The highest BCUT2D eigenvalue weighted by atomic mass is 16.6. The van der Waals surface area contributed by atoms with Gasteiger partial charge in [0.15, 0.2) is 5.78 Å². The second-order valence-corrected chi connectivity index (χ2v) is 6.83. The lowest BCUT2D eigenvalue weighted by Crippen LogP contribution is -2.38. The summed E-state index contributed by atoms with van der Waals surface area (Å²) in [6, 6.07) is 0. The van der Waals surface area contributed by atoms with Crippen molar-refractivity contribution in [3.8, 4) is 0 Å². The normalized spacial score (nSPS) is 35.5. The van der Waals surface area contributed by atoms with Crippen molar-refractivity contribution >= 4 is 11.8 Å². The highest BCUT2D eigenvalue weighted by molar-refractivity contribution is 6.00. The minimum absolute atomic E-state index is 0.0491. The SMILES string of the molecule is CC(C)(C)OC(=O)[C@]12C[C@@H]1COC2C1=CC=CCC1=O. The molecule has 2 aliphatic carbocycles. The van der Waals surface area contributed by atoms with Gasteiger partial charge in [0.25, 0.3) is 0 Å². The van der Waals surface area contributed by atoms with Crippen LogP contribution < -0.4 is 0 Å². The first-order chi connectivity index (χ1) is 9.34. The molecule has 20 heavy (non-hydrogen) atoms. The van der Waals surface area contributed by atoms with Crippen molar-refractivity contribution < 1.29 is 19.1 Å². The highest BCUT2D eigenvalue weighted by Crippen LogP contribution is 2.63. The van der Waals surface area contributed by atoms with Gasteiger partial charge in [0.1, 0.15) is 17.1 Å². The van der Waals surface area contributed by atoms with E-state index in [-0.39, 0.29) is 17.7 Å². The Kier molecular flexibility index (Phi) is 2.91. The monoisotopic (exact) mass is 276 g/mol. The van der Waals surface area contributed by atoms with Crippen molar-refractivity contribution in [1.29, 1.82) is 0 Å². The zero-order valence-corrected chi connectivity index (χ0v) is 12.1. The Morgan fingerprint density at radius 3 is 2.80 bits per heavy atom. The number of allylic oxidation sites excluding steroid dienone is 3. The van der Waals surface area contributed by atoms with Gasteiger partial charge in [-0.3, -0.25) is 9.59 Å². The molecule has 1 saturated heterocycles. The molecule has 3 atom stereocenters. The van der Waals surface area contributed by atoms with E-state index in [0.29, 0.717) is 18.6 Å².